The van der Waals surface area contributed by atoms with E-state index in [0.717, 1.165) is 22.4 Å². The molecule has 0 atom stereocenters. The molecule has 0 radical (unpaired) electrons. The van der Waals surface area contributed by atoms with E-state index in [-0.39, 0.29) is 11.4 Å². The van der Waals surface area contributed by atoms with Crippen LogP contribution in [-0.2, 0) is 4.79 Å². The van der Waals surface area contributed by atoms with Gasteiger partial charge in [0.15, 0.2) is 5.78 Å². The highest BCUT2D eigenvalue weighted by Crippen LogP contribution is 2.24. The molecule has 4 nitrogen and oxygen atoms in total. The van der Waals surface area contributed by atoms with Gasteiger partial charge in [-0.05, 0) is 55.7 Å². The molecular formula is C20H20O4. The Morgan fingerprint density at radius 1 is 1.04 bits per heavy atom. The number of carbonyl (C=O) groups is 2. The fraction of sp³-hybridized carbons (Fsp3) is 0.200. The standard InChI is InChI=1S/C20H20O4/c1-12-11-18(24-4)13(2)10-17(12)19(21)16-7-5-15(6-8-16)9-14(3)20(22)23/h5-11H,1-4H3,(H,22,23). The third kappa shape index (κ3) is 3.71. The lowest BCUT2D eigenvalue weighted by molar-refractivity contribution is -0.132. The largest absolute Gasteiger partial charge is 0.496 e. The number of aryl methyl sites for hydroxylation is 2. The molecule has 2 aromatic carbocycles. The van der Waals surface area contributed by atoms with Gasteiger partial charge < -0.3 is 9.84 Å². The molecule has 4 heteroatoms. The van der Waals surface area contributed by atoms with Gasteiger partial charge in [0.05, 0.1) is 7.11 Å². The van der Waals surface area contributed by atoms with Crippen molar-refractivity contribution in [1.29, 1.82) is 0 Å². The number of aliphatic carboxylic acids is 1. The summed E-state index contributed by atoms with van der Waals surface area (Å²) in [5, 5.41) is 8.90. The van der Waals surface area contributed by atoms with Crippen molar-refractivity contribution in [3.8, 4) is 5.75 Å². The van der Waals surface area contributed by atoms with E-state index in [1.54, 1.807) is 37.5 Å². The van der Waals surface area contributed by atoms with Gasteiger partial charge in [0, 0.05) is 16.7 Å². The first kappa shape index (κ1) is 17.5. The highest BCUT2D eigenvalue weighted by molar-refractivity contribution is 6.10. The normalized spacial score (nSPS) is 11.2. The number of carbonyl (C=O) groups excluding carboxylic acids is 1. The average molecular weight is 324 g/mol. The van der Waals surface area contributed by atoms with Crippen LogP contribution in [0.15, 0.2) is 42.0 Å². The van der Waals surface area contributed by atoms with Gasteiger partial charge in [-0.25, -0.2) is 4.79 Å². The maximum Gasteiger partial charge on any atom is 0.331 e. The highest BCUT2D eigenvalue weighted by Gasteiger charge is 2.14. The smallest absolute Gasteiger partial charge is 0.331 e. The Morgan fingerprint density at radius 3 is 2.21 bits per heavy atom. The summed E-state index contributed by atoms with van der Waals surface area (Å²) in [5.74, 6) is -0.267. The number of benzene rings is 2. The third-order valence-electron chi connectivity index (χ3n) is 3.88. The van der Waals surface area contributed by atoms with Crippen molar-refractivity contribution in [3.05, 3.63) is 69.8 Å². The van der Waals surface area contributed by atoms with Crippen molar-refractivity contribution in [2.45, 2.75) is 20.8 Å². The van der Waals surface area contributed by atoms with Crippen LogP contribution in [0.3, 0.4) is 0 Å². The summed E-state index contributed by atoms with van der Waals surface area (Å²) in [4.78, 5) is 23.6. The first-order chi connectivity index (χ1) is 11.3. The Hall–Kier alpha value is -2.88. The van der Waals surface area contributed by atoms with Crippen molar-refractivity contribution < 1.29 is 19.4 Å². The maximum absolute atomic E-state index is 12.7. The predicted molar refractivity (Wildman–Crippen MR) is 93.6 cm³/mol. The molecule has 1 N–H and O–H groups in total. The van der Waals surface area contributed by atoms with Crippen LogP contribution in [0, 0.1) is 13.8 Å². The SMILES string of the molecule is COc1cc(C)c(C(=O)c2ccc(C=C(C)C(=O)O)cc2)cc1C. The number of hydrogen-bond donors (Lipinski definition) is 1. The van der Waals surface area contributed by atoms with Crippen LogP contribution in [0.25, 0.3) is 6.08 Å². The van der Waals surface area contributed by atoms with Crippen LogP contribution < -0.4 is 4.74 Å². The quantitative estimate of drug-likeness (QED) is 0.666. The van der Waals surface area contributed by atoms with Crippen LogP contribution >= 0.6 is 0 Å². The molecule has 0 aliphatic heterocycles. The molecule has 0 saturated carbocycles. The van der Waals surface area contributed by atoms with Gasteiger partial charge in [0.2, 0.25) is 0 Å². The summed E-state index contributed by atoms with van der Waals surface area (Å²) < 4.78 is 5.27. The van der Waals surface area contributed by atoms with Crippen LogP contribution in [0.4, 0.5) is 0 Å². The van der Waals surface area contributed by atoms with Gasteiger partial charge in [0.25, 0.3) is 0 Å². The molecule has 0 fully saturated rings. The minimum Gasteiger partial charge on any atom is -0.496 e. The molecule has 0 spiro atoms. The summed E-state index contributed by atoms with van der Waals surface area (Å²) in [6.45, 7) is 5.31. The molecule has 0 amide bonds. The minimum absolute atomic E-state index is 0.0660. The van der Waals surface area contributed by atoms with Crippen LogP contribution in [0.5, 0.6) is 5.75 Å². The second-order valence-electron chi connectivity index (χ2n) is 5.72. The third-order valence-corrected chi connectivity index (χ3v) is 3.88. The van der Waals surface area contributed by atoms with Gasteiger partial charge in [0.1, 0.15) is 5.75 Å². The molecule has 0 aromatic heterocycles. The second-order valence-corrected chi connectivity index (χ2v) is 5.72. The zero-order valence-corrected chi connectivity index (χ0v) is 14.2. The predicted octanol–water partition coefficient (Wildman–Crippen LogP) is 4.03. The Morgan fingerprint density at radius 2 is 1.67 bits per heavy atom. The van der Waals surface area contributed by atoms with Gasteiger partial charge >= 0.3 is 5.97 Å². The summed E-state index contributed by atoms with van der Waals surface area (Å²) in [6.07, 6.45) is 1.57. The number of carboxylic acid groups (broad SMARTS) is 1. The second kappa shape index (κ2) is 7.13. The number of ether oxygens (including phenoxy) is 1. The maximum atomic E-state index is 12.7. The van der Waals surface area contributed by atoms with E-state index in [4.69, 9.17) is 9.84 Å². The Balaban J connectivity index is 2.33. The molecule has 0 bridgehead atoms. The first-order valence-electron chi connectivity index (χ1n) is 7.55. The summed E-state index contributed by atoms with van der Waals surface area (Å²) in [6, 6.07) is 10.6. The molecule has 2 rings (SSSR count). The first-order valence-corrected chi connectivity index (χ1v) is 7.55. The molecule has 124 valence electrons. The van der Waals surface area contributed by atoms with Crippen LogP contribution in [0.2, 0.25) is 0 Å². The number of rotatable bonds is 5. The fourth-order valence-corrected chi connectivity index (χ4v) is 2.45. The molecule has 0 aliphatic rings. The van der Waals surface area contributed by atoms with Gasteiger partial charge in [-0.2, -0.15) is 0 Å². The number of carboxylic acids is 1. The van der Waals surface area contributed by atoms with E-state index in [1.165, 1.54) is 6.92 Å². The zero-order chi connectivity index (χ0) is 17.9. The van der Waals surface area contributed by atoms with E-state index in [1.807, 2.05) is 26.0 Å². The van der Waals surface area contributed by atoms with E-state index >= 15 is 0 Å². The molecule has 0 unspecified atom stereocenters. The lowest BCUT2D eigenvalue weighted by Gasteiger charge is -2.11. The average Bonchev–Trinajstić information content (AvgIpc) is 2.56. The van der Waals surface area contributed by atoms with Crippen molar-refractivity contribution in [1.82, 2.24) is 0 Å². The molecule has 0 aliphatic carbocycles. The highest BCUT2D eigenvalue weighted by atomic mass is 16.5. The Labute approximate surface area is 141 Å². The van der Waals surface area contributed by atoms with Crippen LogP contribution in [-0.4, -0.2) is 24.0 Å². The number of ketones is 1. The van der Waals surface area contributed by atoms with Gasteiger partial charge in [-0.1, -0.05) is 24.3 Å². The zero-order valence-electron chi connectivity index (χ0n) is 14.2. The van der Waals surface area contributed by atoms with Crippen LogP contribution in [0.1, 0.15) is 39.5 Å². The molecule has 24 heavy (non-hydrogen) atoms. The minimum atomic E-state index is -0.959. The Kier molecular flexibility index (Phi) is 5.19. The lowest BCUT2D eigenvalue weighted by atomic mass is 9.96. The van der Waals surface area contributed by atoms with Gasteiger partial charge in [-0.3, -0.25) is 4.79 Å². The van der Waals surface area contributed by atoms with Crippen molar-refractivity contribution in [3.63, 3.8) is 0 Å². The Bertz CT molecular complexity index is 814. The van der Waals surface area contributed by atoms with Crippen molar-refractivity contribution in [2.75, 3.05) is 7.11 Å². The molecule has 0 saturated heterocycles. The summed E-state index contributed by atoms with van der Waals surface area (Å²) >= 11 is 0. The van der Waals surface area contributed by atoms with Gasteiger partial charge in [-0.15, -0.1) is 0 Å². The van der Waals surface area contributed by atoms with E-state index in [9.17, 15) is 9.59 Å². The van der Waals surface area contributed by atoms with E-state index in [2.05, 4.69) is 0 Å². The molecule has 0 heterocycles. The van der Waals surface area contributed by atoms with E-state index < -0.39 is 5.97 Å². The summed E-state index contributed by atoms with van der Waals surface area (Å²) in [5.41, 5.74) is 3.95. The molecule has 2 aromatic rings. The monoisotopic (exact) mass is 324 g/mol. The number of hydrogen-bond acceptors (Lipinski definition) is 3. The topological polar surface area (TPSA) is 63.6 Å². The van der Waals surface area contributed by atoms with Crippen molar-refractivity contribution in [2.24, 2.45) is 0 Å². The van der Waals surface area contributed by atoms with E-state index in [0.29, 0.717) is 11.1 Å². The fourth-order valence-electron chi connectivity index (χ4n) is 2.45. The summed E-state index contributed by atoms with van der Waals surface area (Å²) in [7, 11) is 1.61. The number of methoxy groups -OCH3 is 1. The molecular weight excluding hydrogens is 304 g/mol. The van der Waals surface area contributed by atoms with Crippen molar-refractivity contribution >= 4 is 17.8 Å². The lowest BCUT2D eigenvalue weighted by Crippen LogP contribution is -2.05.